The van der Waals surface area contributed by atoms with E-state index in [0.29, 0.717) is 6.54 Å². The Morgan fingerprint density at radius 1 is 1.23 bits per heavy atom. The summed E-state index contributed by atoms with van der Waals surface area (Å²) in [5, 5.41) is 6.88. The third kappa shape index (κ3) is 3.18. The lowest BCUT2D eigenvalue weighted by Crippen LogP contribution is -2.63. The minimum atomic E-state index is -0.177. The number of aliphatic imine (C=N–C) groups is 1. The van der Waals surface area contributed by atoms with Gasteiger partial charge < -0.3 is 15.5 Å². The third-order valence-electron chi connectivity index (χ3n) is 5.46. The van der Waals surface area contributed by atoms with E-state index >= 15 is 0 Å². The number of rotatable bonds is 2. The van der Waals surface area contributed by atoms with Crippen LogP contribution < -0.4 is 10.6 Å². The fourth-order valence-electron chi connectivity index (χ4n) is 4.34. The molecule has 1 amide bonds. The number of para-hydroxylation sites is 1. The molecule has 26 heavy (non-hydrogen) atoms. The van der Waals surface area contributed by atoms with Gasteiger partial charge in [-0.25, -0.2) is 0 Å². The summed E-state index contributed by atoms with van der Waals surface area (Å²) in [6.45, 7) is 10.2. The Kier molecular flexibility index (Phi) is 4.18. The molecular weight excluding hydrogens is 326 g/mol. The van der Waals surface area contributed by atoms with Gasteiger partial charge >= 0.3 is 0 Å². The number of anilines is 1. The highest BCUT2D eigenvalue weighted by Gasteiger charge is 2.46. The second kappa shape index (κ2) is 6.27. The maximum atomic E-state index is 12.2. The number of amides is 1. The van der Waals surface area contributed by atoms with Crippen LogP contribution in [-0.2, 0) is 4.79 Å². The molecular formula is C20H29N5O. The van der Waals surface area contributed by atoms with E-state index in [-0.39, 0.29) is 17.1 Å². The minimum absolute atomic E-state index is 0.0688. The van der Waals surface area contributed by atoms with Crippen LogP contribution in [0.4, 0.5) is 5.69 Å². The number of carbonyl (C=O) groups is 1. The summed E-state index contributed by atoms with van der Waals surface area (Å²) in [5.74, 6) is 1.25. The van der Waals surface area contributed by atoms with Gasteiger partial charge in [-0.1, -0.05) is 12.1 Å². The van der Waals surface area contributed by atoms with Crippen molar-refractivity contribution in [2.45, 2.75) is 44.8 Å². The summed E-state index contributed by atoms with van der Waals surface area (Å²) in [6, 6.07) is 8.46. The maximum absolute atomic E-state index is 12.2. The van der Waals surface area contributed by atoms with Crippen molar-refractivity contribution in [1.29, 1.82) is 0 Å². The van der Waals surface area contributed by atoms with Crippen LogP contribution >= 0.6 is 0 Å². The second-order valence-electron chi connectivity index (χ2n) is 8.63. The van der Waals surface area contributed by atoms with E-state index in [2.05, 4.69) is 44.7 Å². The van der Waals surface area contributed by atoms with Crippen molar-refractivity contribution in [2.24, 2.45) is 4.99 Å². The van der Waals surface area contributed by atoms with Crippen molar-refractivity contribution < 1.29 is 4.79 Å². The smallest absolute Gasteiger partial charge is 0.234 e. The Hall–Kier alpha value is -2.08. The highest BCUT2D eigenvalue weighted by atomic mass is 16.2. The van der Waals surface area contributed by atoms with Gasteiger partial charge in [-0.05, 0) is 32.9 Å². The van der Waals surface area contributed by atoms with Crippen LogP contribution in [0.1, 0.15) is 39.2 Å². The molecule has 4 rings (SSSR count). The Morgan fingerprint density at radius 3 is 2.69 bits per heavy atom. The van der Waals surface area contributed by atoms with E-state index in [0.717, 1.165) is 44.9 Å². The van der Waals surface area contributed by atoms with Gasteiger partial charge in [0.25, 0.3) is 0 Å². The van der Waals surface area contributed by atoms with Gasteiger partial charge in [0.1, 0.15) is 11.5 Å². The molecule has 0 bridgehead atoms. The normalized spacial score (nSPS) is 21.7. The molecule has 3 aliphatic rings. The van der Waals surface area contributed by atoms with Gasteiger partial charge in [0.05, 0.1) is 13.1 Å². The first kappa shape index (κ1) is 17.3. The number of amidine groups is 1. The first-order valence-corrected chi connectivity index (χ1v) is 9.59. The van der Waals surface area contributed by atoms with E-state index in [1.165, 1.54) is 11.3 Å². The lowest BCUT2D eigenvalue weighted by Gasteiger charge is -2.52. The molecule has 2 N–H and O–H groups in total. The topological polar surface area (TPSA) is 60.0 Å². The second-order valence-corrected chi connectivity index (χ2v) is 8.63. The van der Waals surface area contributed by atoms with Crippen molar-refractivity contribution in [3.63, 3.8) is 0 Å². The molecule has 1 aromatic rings. The van der Waals surface area contributed by atoms with Crippen molar-refractivity contribution in [3.05, 3.63) is 29.8 Å². The van der Waals surface area contributed by atoms with E-state index in [1.54, 1.807) is 0 Å². The largest absolute Gasteiger partial charge is 0.362 e. The number of benzene rings is 1. The van der Waals surface area contributed by atoms with Gasteiger partial charge in [0, 0.05) is 49.3 Å². The Balaban J connectivity index is 1.46. The minimum Gasteiger partial charge on any atom is -0.362 e. The average Bonchev–Trinajstić information content (AvgIpc) is 3.06. The van der Waals surface area contributed by atoms with E-state index in [4.69, 9.17) is 4.99 Å². The molecule has 0 radical (unpaired) electrons. The molecule has 0 aliphatic carbocycles. The van der Waals surface area contributed by atoms with Gasteiger partial charge in [0.2, 0.25) is 5.91 Å². The number of hydrogen-bond donors (Lipinski definition) is 2. The molecule has 6 nitrogen and oxygen atoms in total. The molecule has 140 valence electrons. The molecule has 1 aromatic carbocycles. The molecule has 3 heterocycles. The predicted molar refractivity (Wildman–Crippen MR) is 104 cm³/mol. The number of nitrogens with zero attached hydrogens (tertiary/aromatic N) is 3. The summed E-state index contributed by atoms with van der Waals surface area (Å²) >= 11 is 0. The Labute approximate surface area is 155 Å². The average molecular weight is 355 g/mol. The van der Waals surface area contributed by atoms with Crippen molar-refractivity contribution in [3.8, 4) is 0 Å². The van der Waals surface area contributed by atoms with Crippen LogP contribution in [0.3, 0.4) is 0 Å². The molecule has 1 fully saturated rings. The number of piperidine rings is 1. The van der Waals surface area contributed by atoms with Gasteiger partial charge in [-0.15, -0.1) is 0 Å². The van der Waals surface area contributed by atoms with Crippen LogP contribution in [0.25, 0.3) is 0 Å². The molecule has 0 unspecified atom stereocenters. The number of likely N-dealkylation sites (tertiary alicyclic amines) is 1. The maximum Gasteiger partial charge on any atom is 0.234 e. The Morgan fingerprint density at radius 2 is 1.96 bits per heavy atom. The predicted octanol–water partition coefficient (Wildman–Crippen LogP) is 1.88. The molecule has 0 atom stereocenters. The highest BCUT2D eigenvalue weighted by Crippen LogP contribution is 2.39. The van der Waals surface area contributed by atoms with Crippen molar-refractivity contribution in [1.82, 2.24) is 15.1 Å². The first-order valence-electron chi connectivity index (χ1n) is 9.59. The first-order chi connectivity index (χ1) is 12.4. The quantitative estimate of drug-likeness (QED) is 0.850. The zero-order chi connectivity index (χ0) is 18.4. The zero-order valence-electron chi connectivity index (χ0n) is 16.0. The zero-order valence-corrected chi connectivity index (χ0v) is 16.0. The van der Waals surface area contributed by atoms with Crippen molar-refractivity contribution >= 4 is 17.4 Å². The summed E-state index contributed by atoms with van der Waals surface area (Å²) < 4.78 is 0. The standard InChI is InChI=1S/C20H29N5O/c1-19(2,3)23-17(26)14-24-11-8-20(9-12-24)22-16-7-5-4-6-15(16)18-21-10-13-25(18)20/h4-7,22H,8-14H2,1-3H3,(H,23,26). The number of hydrogen-bond acceptors (Lipinski definition) is 5. The van der Waals surface area contributed by atoms with Gasteiger partial charge in [-0.3, -0.25) is 14.7 Å². The van der Waals surface area contributed by atoms with E-state index in [9.17, 15) is 4.79 Å². The van der Waals surface area contributed by atoms with Gasteiger partial charge in [0.15, 0.2) is 0 Å². The molecule has 0 saturated carbocycles. The van der Waals surface area contributed by atoms with Crippen LogP contribution in [0, 0.1) is 0 Å². The summed E-state index contributed by atoms with van der Waals surface area (Å²) in [4.78, 5) is 21.7. The van der Waals surface area contributed by atoms with E-state index < -0.39 is 0 Å². The van der Waals surface area contributed by atoms with Crippen LogP contribution in [0.15, 0.2) is 29.3 Å². The third-order valence-corrected chi connectivity index (χ3v) is 5.46. The molecule has 0 aromatic heterocycles. The fraction of sp³-hybridized carbons (Fsp3) is 0.600. The summed E-state index contributed by atoms with van der Waals surface area (Å²) in [5.41, 5.74) is 2.15. The SMILES string of the molecule is CC(C)(C)NC(=O)CN1CCC2(CC1)Nc1ccccc1C1=NCCN12. The molecule has 1 spiro atoms. The lowest BCUT2D eigenvalue weighted by molar-refractivity contribution is -0.124. The summed E-state index contributed by atoms with van der Waals surface area (Å²) in [6.07, 6.45) is 1.98. The summed E-state index contributed by atoms with van der Waals surface area (Å²) in [7, 11) is 0. The van der Waals surface area contributed by atoms with Gasteiger partial charge in [-0.2, -0.15) is 0 Å². The lowest BCUT2D eigenvalue weighted by atomic mass is 9.90. The van der Waals surface area contributed by atoms with Crippen LogP contribution in [0.2, 0.25) is 0 Å². The number of carbonyl (C=O) groups excluding carboxylic acids is 1. The molecule has 6 heteroatoms. The highest BCUT2D eigenvalue weighted by molar-refractivity contribution is 6.06. The fourth-order valence-corrected chi connectivity index (χ4v) is 4.34. The van der Waals surface area contributed by atoms with Crippen LogP contribution in [0.5, 0.6) is 0 Å². The van der Waals surface area contributed by atoms with Crippen molar-refractivity contribution in [2.75, 3.05) is 38.0 Å². The monoisotopic (exact) mass is 355 g/mol. The molecule has 3 aliphatic heterocycles. The number of nitrogens with one attached hydrogen (secondary N) is 2. The van der Waals surface area contributed by atoms with E-state index in [1.807, 2.05) is 20.8 Å². The number of fused-ring (bicyclic) bond motifs is 4. The van der Waals surface area contributed by atoms with Crippen LogP contribution in [-0.4, -0.2) is 65.5 Å². The Bertz CT molecular complexity index is 728. The molecule has 1 saturated heterocycles.